The molecule has 16 heavy (non-hydrogen) atoms. The predicted octanol–water partition coefficient (Wildman–Crippen LogP) is 2.68. The number of carbonyl (C=O) groups is 1. The summed E-state index contributed by atoms with van der Waals surface area (Å²) in [6.45, 7) is 0. The van der Waals surface area contributed by atoms with Gasteiger partial charge in [-0.2, -0.15) is 13.2 Å². The van der Waals surface area contributed by atoms with Crippen molar-refractivity contribution in [1.29, 1.82) is 0 Å². The molecule has 0 spiro atoms. The summed E-state index contributed by atoms with van der Waals surface area (Å²) in [6, 6.07) is 2.38. The van der Waals surface area contributed by atoms with Gasteiger partial charge in [0.2, 0.25) is 0 Å². The zero-order valence-corrected chi connectivity index (χ0v) is 10.2. The van der Waals surface area contributed by atoms with Gasteiger partial charge in [-0.05, 0) is 34.7 Å². The Kier molecular flexibility index (Phi) is 3.66. The molecule has 0 fully saturated rings. The van der Waals surface area contributed by atoms with Crippen molar-refractivity contribution in [2.75, 3.05) is 12.8 Å². The van der Waals surface area contributed by atoms with E-state index in [1.807, 2.05) is 0 Å². The van der Waals surface area contributed by atoms with Crippen LogP contribution in [-0.4, -0.2) is 13.1 Å². The fraction of sp³-hybridized carbons (Fsp3) is 0.222. The average Bonchev–Trinajstić information content (AvgIpc) is 2.18. The zero-order valence-electron chi connectivity index (χ0n) is 8.06. The minimum absolute atomic E-state index is 0.234. The molecule has 1 rings (SSSR count). The van der Waals surface area contributed by atoms with Crippen LogP contribution in [0.3, 0.4) is 0 Å². The Labute approximate surface area is 103 Å². The quantitative estimate of drug-likeness (QED) is 0.484. The van der Waals surface area contributed by atoms with Crippen molar-refractivity contribution >= 4 is 34.2 Å². The molecule has 0 unspecified atom stereocenters. The van der Waals surface area contributed by atoms with Crippen LogP contribution in [0.25, 0.3) is 0 Å². The van der Waals surface area contributed by atoms with Crippen LogP contribution in [0, 0.1) is 3.57 Å². The number of hydrogen-bond acceptors (Lipinski definition) is 3. The van der Waals surface area contributed by atoms with E-state index in [0.29, 0.717) is 0 Å². The number of nitrogens with two attached hydrogens (primary N) is 1. The number of hydrogen-bond donors (Lipinski definition) is 1. The second-order valence-electron chi connectivity index (χ2n) is 2.87. The number of halogens is 4. The highest BCUT2D eigenvalue weighted by Gasteiger charge is 2.38. The van der Waals surface area contributed by atoms with Crippen LogP contribution in [0.2, 0.25) is 0 Å². The van der Waals surface area contributed by atoms with E-state index in [-0.39, 0.29) is 3.57 Å². The first-order valence-electron chi connectivity index (χ1n) is 4.02. The molecule has 0 amide bonds. The molecular weight excluding hydrogens is 338 g/mol. The third-order valence-corrected chi connectivity index (χ3v) is 2.82. The van der Waals surface area contributed by atoms with Crippen LogP contribution in [0.4, 0.5) is 18.9 Å². The minimum Gasteiger partial charge on any atom is -0.465 e. The smallest absolute Gasteiger partial charge is 0.419 e. The van der Waals surface area contributed by atoms with E-state index in [9.17, 15) is 18.0 Å². The first-order valence-corrected chi connectivity index (χ1v) is 5.10. The molecule has 0 saturated heterocycles. The van der Waals surface area contributed by atoms with E-state index in [4.69, 9.17) is 5.73 Å². The number of benzene rings is 1. The van der Waals surface area contributed by atoms with E-state index < -0.39 is 29.0 Å². The second-order valence-corrected chi connectivity index (χ2v) is 4.04. The van der Waals surface area contributed by atoms with Crippen LogP contribution in [0.5, 0.6) is 0 Å². The lowest BCUT2D eigenvalue weighted by Gasteiger charge is -2.14. The van der Waals surface area contributed by atoms with Gasteiger partial charge in [-0.3, -0.25) is 0 Å². The highest BCUT2D eigenvalue weighted by atomic mass is 127. The normalized spacial score (nSPS) is 11.3. The van der Waals surface area contributed by atoms with Crippen molar-refractivity contribution in [2.24, 2.45) is 0 Å². The molecule has 0 bridgehead atoms. The number of nitrogen functional groups attached to an aromatic ring is 1. The Morgan fingerprint density at radius 2 is 2.00 bits per heavy atom. The molecule has 0 aliphatic heterocycles. The Balaban J connectivity index is 3.52. The average molecular weight is 345 g/mol. The molecule has 0 saturated carbocycles. The highest BCUT2D eigenvalue weighted by Crippen LogP contribution is 2.38. The van der Waals surface area contributed by atoms with Crippen LogP contribution in [-0.2, 0) is 10.9 Å². The molecule has 88 valence electrons. The summed E-state index contributed by atoms with van der Waals surface area (Å²) in [6.07, 6.45) is -4.69. The summed E-state index contributed by atoms with van der Waals surface area (Å²) in [5.41, 5.74) is 3.14. The maximum absolute atomic E-state index is 12.7. The number of carbonyl (C=O) groups excluding carboxylic acids is 1. The molecule has 7 heteroatoms. The monoisotopic (exact) mass is 345 g/mol. The summed E-state index contributed by atoms with van der Waals surface area (Å²) in [4.78, 5) is 11.2. The fourth-order valence-corrected chi connectivity index (χ4v) is 1.63. The Hall–Kier alpha value is -0.990. The third kappa shape index (κ3) is 2.39. The van der Waals surface area contributed by atoms with Crippen molar-refractivity contribution < 1.29 is 22.7 Å². The Bertz CT molecular complexity index is 431. The van der Waals surface area contributed by atoms with Crippen molar-refractivity contribution in [1.82, 2.24) is 0 Å². The summed E-state index contributed by atoms with van der Waals surface area (Å²) in [5.74, 6) is -1.06. The van der Waals surface area contributed by atoms with Crippen molar-refractivity contribution in [3.63, 3.8) is 0 Å². The van der Waals surface area contributed by atoms with Gasteiger partial charge >= 0.3 is 12.1 Å². The van der Waals surface area contributed by atoms with Crippen molar-refractivity contribution in [3.05, 3.63) is 26.8 Å². The van der Waals surface area contributed by atoms with Gasteiger partial charge in [0, 0.05) is 3.57 Å². The number of esters is 1. The summed E-state index contributed by atoms with van der Waals surface area (Å²) < 4.78 is 42.6. The maximum atomic E-state index is 12.7. The van der Waals surface area contributed by atoms with Gasteiger partial charge in [-0.1, -0.05) is 0 Å². The van der Waals surface area contributed by atoms with Crippen LogP contribution >= 0.6 is 22.6 Å². The molecule has 0 atom stereocenters. The Morgan fingerprint density at radius 1 is 1.44 bits per heavy atom. The SMILES string of the molecule is COC(=O)c1ccc(I)c(N)c1C(F)(F)F. The number of anilines is 1. The lowest BCUT2D eigenvalue weighted by molar-refractivity contribution is -0.137. The highest BCUT2D eigenvalue weighted by molar-refractivity contribution is 14.1. The van der Waals surface area contributed by atoms with Gasteiger partial charge < -0.3 is 10.5 Å². The first kappa shape index (κ1) is 13.1. The zero-order chi connectivity index (χ0) is 12.5. The molecule has 0 heterocycles. The van der Waals surface area contributed by atoms with Gasteiger partial charge in [0.05, 0.1) is 23.9 Å². The second kappa shape index (κ2) is 4.48. The summed E-state index contributed by atoms with van der Waals surface area (Å²) in [5, 5.41) is 0. The summed E-state index contributed by atoms with van der Waals surface area (Å²) in [7, 11) is 1.01. The first-order chi connectivity index (χ1) is 7.29. The minimum atomic E-state index is -4.69. The van der Waals surface area contributed by atoms with E-state index in [0.717, 1.165) is 13.2 Å². The third-order valence-electron chi connectivity index (χ3n) is 1.88. The van der Waals surface area contributed by atoms with Gasteiger partial charge in [-0.15, -0.1) is 0 Å². The molecule has 0 aliphatic carbocycles. The molecule has 0 aromatic heterocycles. The van der Waals surface area contributed by atoms with Gasteiger partial charge in [0.15, 0.2) is 0 Å². The lowest BCUT2D eigenvalue weighted by atomic mass is 10.1. The molecular formula is C9H7F3INO2. The van der Waals surface area contributed by atoms with Gasteiger partial charge in [0.25, 0.3) is 0 Å². The molecule has 1 aromatic rings. The van der Waals surface area contributed by atoms with E-state index in [2.05, 4.69) is 4.74 Å². The van der Waals surface area contributed by atoms with Crippen molar-refractivity contribution in [3.8, 4) is 0 Å². The van der Waals surface area contributed by atoms with E-state index >= 15 is 0 Å². The predicted molar refractivity (Wildman–Crippen MR) is 59.9 cm³/mol. The number of rotatable bonds is 1. The van der Waals surface area contributed by atoms with Crippen LogP contribution < -0.4 is 5.73 Å². The molecule has 3 nitrogen and oxygen atoms in total. The van der Waals surface area contributed by atoms with Crippen LogP contribution in [0.1, 0.15) is 15.9 Å². The Morgan fingerprint density at radius 3 is 2.44 bits per heavy atom. The molecule has 0 aliphatic rings. The number of ether oxygens (including phenoxy) is 1. The molecule has 2 N–H and O–H groups in total. The van der Waals surface area contributed by atoms with Gasteiger partial charge in [-0.25, -0.2) is 4.79 Å². The largest absolute Gasteiger partial charge is 0.465 e. The number of methoxy groups -OCH3 is 1. The molecule has 1 aromatic carbocycles. The van der Waals surface area contributed by atoms with Crippen LogP contribution in [0.15, 0.2) is 12.1 Å². The van der Waals surface area contributed by atoms with Crippen molar-refractivity contribution in [2.45, 2.75) is 6.18 Å². The lowest BCUT2D eigenvalue weighted by Crippen LogP contribution is -2.17. The maximum Gasteiger partial charge on any atom is 0.419 e. The van der Waals surface area contributed by atoms with E-state index in [1.165, 1.54) is 6.07 Å². The number of alkyl halides is 3. The molecule has 0 radical (unpaired) electrons. The fourth-order valence-electron chi connectivity index (χ4n) is 1.18. The van der Waals surface area contributed by atoms with Gasteiger partial charge in [0.1, 0.15) is 0 Å². The van der Waals surface area contributed by atoms with E-state index in [1.54, 1.807) is 22.6 Å². The standard InChI is InChI=1S/C9H7F3INO2/c1-16-8(15)4-2-3-5(13)7(14)6(4)9(10,11)12/h2-3H,14H2,1H3. The topological polar surface area (TPSA) is 52.3 Å². The summed E-state index contributed by atoms with van der Waals surface area (Å²) >= 11 is 1.67.